The number of hydrogen-bond acceptors (Lipinski definition) is 3. The third kappa shape index (κ3) is 21.1. The van der Waals surface area contributed by atoms with E-state index in [4.69, 9.17) is 0 Å². The van der Waals surface area contributed by atoms with E-state index in [9.17, 15) is 4.79 Å². The molecule has 1 N–H and O–H groups in total. The average molecular weight is 354 g/mol. The molecule has 0 unspecified atom stereocenters. The summed E-state index contributed by atoms with van der Waals surface area (Å²) in [4.78, 5) is 10.9. The summed E-state index contributed by atoms with van der Waals surface area (Å²) in [5.74, 6) is -0.131. The molecule has 0 amide bonds. The van der Waals surface area contributed by atoms with Crippen molar-refractivity contribution in [1.29, 1.82) is 0 Å². The van der Waals surface area contributed by atoms with Crippen molar-refractivity contribution in [2.45, 2.75) is 103 Å². The highest BCUT2D eigenvalue weighted by Crippen LogP contribution is 2.09. The molecule has 0 saturated carbocycles. The van der Waals surface area contributed by atoms with Crippen LogP contribution >= 0.6 is 0 Å². The molecular formula is C22H43NO2. The molecule has 0 radical (unpaired) electrons. The lowest BCUT2D eigenvalue weighted by atomic mass is 10.1. The van der Waals surface area contributed by atoms with E-state index >= 15 is 0 Å². The molecule has 0 spiro atoms. The van der Waals surface area contributed by atoms with Crippen molar-refractivity contribution in [2.24, 2.45) is 0 Å². The summed E-state index contributed by atoms with van der Waals surface area (Å²) in [6.45, 7) is 4.02. The van der Waals surface area contributed by atoms with Gasteiger partial charge in [0.25, 0.3) is 0 Å². The zero-order chi connectivity index (χ0) is 18.4. The molecule has 25 heavy (non-hydrogen) atoms. The Morgan fingerprint density at radius 3 is 1.84 bits per heavy atom. The monoisotopic (exact) mass is 353 g/mol. The van der Waals surface area contributed by atoms with Gasteiger partial charge in [-0.3, -0.25) is 4.79 Å². The molecule has 0 aliphatic heterocycles. The molecule has 148 valence electrons. The summed E-state index contributed by atoms with van der Waals surface area (Å²) in [7, 11) is 1.44. The highest BCUT2D eigenvalue weighted by molar-refractivity contribution is 5.69. The second kappa shape index (κ2) is 21.2. The van der Waals surface area contributed by atoms with Gasteiger partial charge in [0.1, 0.15) is 0 Å². The maximum absolute atomic E-state index is 10.9. The van der Waals surface area contributed by atoms with Crippen LogP contribution in [-0.4, -0.2) is 26.2 Å². The number of ether oxygens (including phenoxy) is 1. The van der Waals surface area contributed by atoms with E-state index in [0.29, 0.717) is 6.42 Å². The number of nitrogens with one attached hydrogen (secondary N) is 1. The largest absolute Gasteiger partial charge is 0.469 e. The molecule has 0 heterocycles. The molecule has 0 atom stereocenters. The number of esters is 1. The van der Waals surface area contributed by atoms with Gasteiger partial charge in [-0.2, -0.15) is 0 Å². The number of hydrogen-bond donors (Lipinski definition) is 1. The fraction of sp³-hybridized carbons (Fsp3) is 0.864. The Balaban J connectivity index is 3.08. The summed E-state index contributed by atoms with van der Waals surface area (Å²) in [5.41, 5.74) is 0. The van der Waals surface area contributed by atoms with E-state index in [-0.39, 0.29) is 5.97 Å². The van der Waals surface area contributed by atoms with Gasteiger partial charge >= 0.3 is 5.97 Å². The molecule has 0 aromatic rings. The molecule has 3 nitrogen and oxygen atoms in total. The standard InChI is InChI=1S/C22H43NO2/c1-3-4-5-6-7-8-9-10-11-12-13-14-15-16-17-18-20-23-21-19-22(24)25-2/h10-11,23H,3-9,12-21H2,1-2H3. The normalized spacial score (nSPS) is 11.3. The van der Waals surface area contributed by atoms with Gasteiger partial charge < -0.3 is 10.1 Å². The van der Waals surface area contributed by atoms with Gasteiger partial charge in [0, 0.05) is 6.54 Å². The Hall–Kier alpha value is -0.830. The van der Waals surface area contributed by atoms with Crippen LogP contribution in [0.1, 0.15) is 103 Å². The second-order valence-corrected chi connectivity index (χ2v) is 7.01. The summed E-state index contributed by atoms with van der Waals surface area (Å²) >= 11 is 0. The number of methoxy groups -OCH3 is 1. The smallest absolute Gasteiger partial charge is 0.306 e. The lowest BCUT2D eigenvalue weighted by molar-refractivity contribution is -0.140. The first kappa shape index (κ1) is 24.2. The molecule has 0 bridgehead atoms. The first-order valence-corrected chi connectivity index (χ1v) is 10.7. The molecular weight excluding hydrogens is 310 g/mol. The van der Waals surface area contributed by atoms with E-state index in [1.807, 2.05) is 0 Å². The van der Waals surface area contributed by atoms with Gasteiger partial charge in [-0.1, -0.05) is 76.9 Å². The van der Waals surface area contributed by atoms with Crippen molar-refractivity contribution >= 4 is 5.97 Å². The van der Waals surface area contributed by atoms with Crippen LogP contribution in [0, 0.1) is 0 Å². The summed E-state index contributed by atoms with van der Waals surface area (Å²) in [6, 6.07) is 0. The van der Waals surface area contributed by atoms with Gasteiger partial charge in [0.2, 0.25) is 0 Å². The minimum Gasteiger partial charge on any atom is -0.469 e. The molecule has 0 aliphatic rings. The molecule has 0 aromatic heterocycles. The van der Waals surface area contributed by atoms with Crippen LogP contribution in [0.3, 0.4) is 0 Å². The highest BCUT2D eigenvalue weighted by atomic mass is 16.5. The van der Waals surface area contributed by atoms with Crippen LogP contribution in [0.5, 0.6) is 0 Å². The Morgan fingerprint density at radius 2 is 1.28 bits per heavy atom. The maximum atomic E-state index is 10.9. The molecule has 0 aliphatic carbocycles. The fourth-order valence-corrected chi connectivity index (χ4v) is 2.92. The Morgan fingerprint density at radius 1 is 0.760 bits per heavy atom. The van der Waals surface area contributed by atoms with Gasteiger partial charge in [0.15, 0.2) is 0 Å². The first-order valence-electron chi connectivity index (χ1n) is 10.7. The third-order valence-corrected chi connectivity index (χ3v) is 4.60. The average Bonchev–Trinajstić information content (AvgIpc) is 2.63. The number of carbonyl (C=O) groups excluding carboxylic acids is 1. The van der Waals surface area contributed by atoms with Crippen LogP contribution in [0.2, 0.25) is 0 Å². The molecule has 0 rings (SSSR count). The van der Waals surface area contributed by atoms with Crippen molar-refractivity contribution in [1.82, 2.24) is 5.32 Å². The van der Waals surface area contributed by atoms with Crippen molar-refractivity contribution in [3.05, 3.63) is 12.2 Å². The number of rotatable bonds is 19. The molecule has 0 saturated heterocycles. The lowest BCUT2D eigenvalue weighted by Crippen LogP contribution is -2.19. The summed E-state index contributed by atoms with van der Waals surface area (Å²) in [6.07, 6.45) is 24.0. The van der Waals surface area contributed by atoms with E-state index in [2.05, 4.69) is 29.1 Å². The highest BCUT2D eigenvalue weighted by Gasteiger charge is 1.98. The van der Waals surface area contributed by atoms with Crippen molar-refractivity contribution in [3.63, 3.8) is 0 Å². The zero-order valence-corrected chi connectivity index (χ0v) is 17.0. The fourth-order valence-electron chi connectivity index (χ4n) is 2.92. The van der Waals surface area contributed by atoms with Gasteiger partial charge in [-0.25, -0.2) is 0 Å². The van der Waals surface area contributed by atoms with Crippen LogP contribution in [0.25, 0.3) is 0 Å². The zero-order valence-electron chi connectivity index (χ0n) is 17.0. The quantitative estimate of drug-likeness (QED) is 0.171. The SMILES string of the molecule is CCCCCCCCC=CCCCCCCCCNCCC(=O)OC. The van der Waals surface area contributed by atoms with E-state index < -0.39 is 0 Å². The van der Waals surface area contributed by atoms with Crippen LogP contribution in [0.4, 0.5) is 0 Å². The van der Waals surface area contributed by atoms with Crippen LogP contribution in [0.15, 0.2) is 12.2 Å². The third-order valence-electron chi connectivity index (χ3n) is 4.60. The minimum absolute atomic E-state index is 0.131. The van der Waals surface area contributed by atoms with E-state index in [0.717, 1.165) is 13.1 Å². The van der Waals surface area contributed by atoms with Crippen molar-refractivity contribution in [2.75, 3.05) is 20.2 Å². The lowest BCUT2D eigenvalue weighted by Gasteiger charge is -2.04. The number of allylic oxidation sites excluding steroid dienone is 2. The molecule has 3 heteroatoms. The number of unbranched alkanes of at least 4 members (excludes halogenated alkanes) is 12. The first-order chi connectivity index (χ1) is 12.3. The van der Waals surface area contributed by atoms with Crippen molar-refractivity contribution < 1.29 is 9.53 Å². The van der Waals surface area contributed by atoms with Gasteiger partial charge in [0.05, 0.1) is 13.5 Å². The Bertz CT molecular complexity index is 302. The number of carbonyl (C=O) groups is 1. The van der Waals surface area contributed by atoms with Gasteiger partial charge in [-0.15, -0.1) is 0 Å². The molecule has 0 fully saturated rings. The summed E-state index contributed by atoms with van der Waals surface area (Å²) < 4.78 is 4.60. The maximum Gasteiger partial charge on any atom is 0.306 e. The minimum atomic E-state index is -0.131. The predicted octanol–water partition coefficient (Wildman–Crippen LogP) is 6.18. The van der Waals surface area contributed by atoms with Crippen LogP contribution in [-0.2, 0) is 9.53 Å². The Kier molecular flexibility index (Phi) is 20.5. The second-order valence-electron chi connectivity index (χ2n) is 7.01. The Labute approximate surface area is 157 Å². The summed E-state index contributed by atoms with van der Waals surface area (Å²) in [5, 5.41) is 3.29. The predicted molar refractivity (Wildman–Crippen MR) is 109 cm³/mol. The molecule has 0 aromatic carbocycles. The van der Waals surface area contributed by atoms with Gasteiger partial charge in [-0.05, 0) is 38.6 Å². The van der Waals surface area contributed by atoms with Crippen molar-refractivity contribution in [3.8, 4) is 0 Å². The topological polar surface area (TPSA) is 38.3 Å². The van der Waals surface area contributed by atoms with Crippen LogP contribution < -0.4 is 5.32 Å². The van der Waals surface area contributed by atoms with E-state index in [1.165, 1.54) is 97.0 Å². The van der Waals surface area contributed by atoms with E-state index in [1.54, 1.807) is 0 Å².